The lowest BCUT2D eigenvalue weighted by Crippen LogP contribution is -2.37. The lowest BCUT2D eigenvalue weighted by Gasteiger charge is -2.28. The topological polar surface area (TPSA) is 77.8 Å². The van der Waals surface area contributed by atoms with Gasteiger partial charge in [0.2, 0.25) is 0 Å². The molecule has 7 nitrogen and oxygen atoms in total. The van der Waals surface area contributed by atoms with Crippen LogP contribution in [0.5, 0.6) is 0 Å². The highest BCUT2D eigenvalue weighted by Gasteiger charge is 2.23. The fourth-order valence-corrected chi connectivity index (χ4v) is 2.87. The molecule has 1 heterocycles. The van der Waals surface area contributed by atoms with Crippen LogP contribution in [0.1, 0.15) is 43.8 Å². The zero-order valence-electron chi connectivity index (χ0n) is 17.4. The molecule has 0 saturated heterocycles. The van der Waals surface area contributed by atoms with Gasteiger partial charge in [-0.2, -0.15) is 0 Å². The predicted octanol–water partition coefficient (Wildman–Crippen LogP) is 3.93. The number of hydrogen-bond donors (Lipinski definition) is 2. The van der Waals surface area contributed by atoms with Crippen molar-refractivity contribution in [1.29, 1.82) is 0 Å². The number of nitrogens with zero attached hydrogens (tertiary/aromatic N) is 2. The van der Waals surface area contributed by atoms with E-state index in [1.54, 1.807) is 17.0 Å². The number of anilines is 2. The van der Waals surface area contributed by atoms with E-state index in [0.29, 0.717) is 18.0 Å². The molecular formula is C21H30N4O3. The Morgan fingerprint density at radius 1 is 1.11 bits per heavy atom. The van der Waals surface area contributed by atoms with Crippen LogP contribution in [0.4, 0.5) is 16.2 Å². The minimum atomic E-state index is -0.258. The van der Waals surface area contributed by atoms with E-state index in [0.717, 1.165) is 11.3 Å². The number of hydrogen-bond acceptors (Lipinski definition) is 4. The molecule has 2 rings (SSSR count). The first-order chi connectivity index (χ1) is 13.2. The minimum absolute atomic E-state index is 0.0199. The molecule has 0 unspecified atom stereocenters. The average Bonchev–Trinajstić information content (AvgIpc) is 3.12. The highest BCUT2D eigenvalue weighted by molar-refractivity contribution is 5.92. The van der Waals surface area contributed by atoms with Gasteiger partial charge in [-0.3, -0.25) is 4.79 Å². The van der Waals surface area contributed by atoms with Crippen LogP contribution < -0.4 is 15.5 Å². The van der Waals surface area contributed by atoms with Gasteiger partial charge in [-0.1, -0.05) is 0 Å². The van der Waals surface area contributed by atoms with E-state index in [1.165, 1.54) is 6.26 Å². The first kappa shape index (κ1) is 21.3. The molecule has 0 fully saturated rings. The highest BCUT2D eigenvalue weighted by Crippen LogP contribution is 2.26. The van der Waals surface area contributed by atoms with Crippen molar-refractivity contribution in [3.8, 4) is 0 Å². The van der Waals surface area contributed by atoms with Gasteiger partial charge in [0.25, 0.3) is 5.91 Å². The molecule has 0 saturated carbocycles. The largest absolute Gasteiger partial charge is 0.459 e. The number of urea groups is 1. The molecule has 1 aromatic heterocycles. The first-order valence-corrected chi connectivity index (χ1v) is 9.41. The molecule has 0 atom stereocenters. The van der Waals surface area contributed by atoms with Gasteiger partial charge in [0.05, 0.1) is 6.26 Å². The summed E-state index contributed by atoms with van der Waals surface area (Å²) in [6, 6.07) is 8.83. The molecule has 7 heteroatoms. The van der Waals surface area contributed by atoms with E-state index in [2.05, 4.69) is 10.6 Å². The van der Waals surface area contributed by atoms with Gasteiger partial charge in [0.1, 0.15) is 0 Å². The maximum atomic E-state index is 12.9. The third-order valence-electron chi connectivity index (χ3n) is 4.20. The molecule has 0 aliphatic heterocycles. The van der Waals surface area contributed by atoms with Gasteiger partial charge in [-0.15, -0.1) is 0 Å². The van der Waals surface area contributed by atoms with Gasteiger partial charge >= 0.3 is 6.03 Å². The average molecular weight is 386 g/mol. The Morgan fingerprint density at radius 2 is 1.82 bits per heavy atom. The monoisotopic (exact) mass is 386 g/mol. The van der Waals surface area contributed by atoms with E-state index in [4.69, 9.17) is 4.42 Å². The van der Waals surface area contributed by atoms with Crippen LogP contribution in [-0.4, -0.2) is 43.0 Å². The fourth-order valence-electron chi connectivity index (χ4n) is 2.87. The Balaban J connectivity index is 2.30. The molecule has 0 radical (unpaired) electrons. The van der Waals surface area contributed by atoms with Gasteiger partial charge in [0.15, 0.2) is 5.76 Å². The van der Waals surface area contributed by atoms with Crippen LogP contribution in [-0.2, 0) is 6.54 Å². The van der Waals surface area contributed by atoms with Crippen LogP contribution in [0.2, 0.25) is 0 Å². The Kier molecular flexibility index (Phi) is 7.09. The quantitative estimate of drug-likeness (QED) is 0.756. The van der Waals surface area contributed by atoms with E-state index in [9.17, 15) is 9.59 Å². The summed E-state index contributed by atoms with van der Waals surface area (Å²) in [6.45, 7) is 8.14. The van der Waals surface area contributed by atoms with Crippen molar-refractivity contribution in [2.24, 2.45) is 0 Å². The van der Waals surface area contributed by atoms with Gasteiger partial charge in [-0.25, -0.2) is 4.79 Å². The van der Waals surface area contributed by atoms with Crippen LogP contribution in [0.15, 0.2) is 41.0 Å². The maximum Gasteiger partial charge on any atom is 0.319 e. The van der Waals surface area contributed by atoms with Gasteiger partial charge in [0, 0.05) is 44.1 Å². The molecule has 3 amide bonds. The zero-order valence-corrected chi connectivity index (χ0v) is 17.4. The predicted molar refractivity (Wildman–Crippen MR) is 112 cm³/mol. The van der Waals surface area contributed by atoms with Crippen LogP contribution in [0.3, 0.4) is 0 Å². The summed E-state index contributed by atoms with van der Waals surface area (Å²) in [6.07, 6.45) is 1.49. The molecule has 0 spiro atoms. The van der Waals surface area contributed by atoms with E-state index in [-0.39, 0.29) is 24.0 Å². The van der Waals surface area contributed by atoms with Crippen molar-refractivity contribution in [3.05, 3.63) is 47.9 Å². The van der Waals surface area contributed by atoms with Crippen molar-refractivity contribution in [2.45, 2.75) is 46.3 Å². The van der Waals surface area contributed by atoms with Crippen molar-refractivity contribution >= 4 is 23.3 Å². The molecule has 2 N–H and O–H groups in total. The van der Waals surface area contributed by atoms with Crippen molar-refractivity contribution in [1.82, 2.24) is 10.2 Å². The number of amides is 3. The molecular weight excluding hydrogens is 356 g/mol. The number of benzene rings is 1. The first-order valence-electron chi connectivity index (χ1n) is 9.41. The lowest BCUT2D eigenvalue weighted by molar-refractivity contribution is 0.0658. The summed E-state index contributed by atoms with van der Waals surface area (Å²) in [7, 11) is 3.90. The van der Waals surface area contributed by atoms with Gasteiger partial charge < -0.3 is 24.9 Å². The van der Waals surface area contributed by atoms with Crippen molar-refractivity contribution in [2.75, 3.05) is 24.3 Å². The third-order valence-corrected chi connectivity index (χ3v) is 4.20. The van der Waals surface area contributed by atoms with E-state index in [1.807, 2.05) is 64.9 Å². The van der Waals surface area contributed by atoms with Crippen molar-refractivity contribution < 1.29 is 14.0 Å². The SMILES string of the molecule is CC(C)NC(=O)Nc1ccc(N(C)C)c(CN(C(=O)c2ccco2)C(C)C)c1. The number of furan rings is 1. The molecule has 0 bridgehead atoms. The number of carbonyl (C=O) groups is 2. The summed E-state index contributed by atoms with van der Waals surface area (Å²) in [5.41, 5.74) is 2.58. The molecule has 152 valence electrons. The summed E-state index contributed by atoms with van der Waals surface area (Å²) in [4.78, 5) is 28.6. The van der Waals surface area contributed by atoms with Gasteiger partial charge in [-0.05, 0) is 63.6 Å². The van der Waals surface area contributed by atoms with Crippen LogP contribution in [0, 0.1) is 0 Å². The Morgan fingerprint density at radius 3 is 2.36 bits per heavy atom. The smallest absolute Gasteiger partial charge is 0.319 e. The third kappa shape index (κ3) is 5.52. The molecule has 2 aromatic rings. The number of carbonyl (C=O) groups excluding carboxylic acids is 2. The Hall–Kier alpha value is -2.96. The van der Waals surface area contributed by atoms with Crippen LogP contribution in [0.25, 0.3) is 0 Å². The second-order valence-corrected chi connectivity index (χ2v) is 7.50. The van der Waals surface area contributed by atoms with Crippen LogP contribution >= 0.6 is 0 Å². The van der Waals surface area contributed by atoms with E-state index >= 15 is 0 Å². The zero-order chi connectivity index (χ0) is 20.8. The summed E-state index contributed by atoms with van der Waals surface area (Å²) in [5.74, 6) is 0.145. The van der Waals surface area contributed by atoms with E-state index < -0.39 is 0 Å². The molecule has 28 heavy (non-hydrogen) atoms. The fraction of sp³-hybridized carbons (Fsp3) is 0.429. The normalized spacial score (nSPS) is 10.9. The standard InChI is InChI=1S/C21H30N4O3/c1-14(2)22-21(27)23-17-9-10-18(24(5)6)16(12-17)13-25(15(3)4)20(26)19-8-7-11-28-19/h7-12,14-15H,13H2,1-6H3,(H2,22,23,27). The second kappa shape index (κ2) is 9.30. The number of nitrogens with one attached hydrogen (secondary N) is 2. The lowest BCUT2D eigenvalue weighted by atomic mass is 10.1. The summed E-state index contributed by atoms with van der Waals surface area (Å²) >= 11 is 0. The molecule has 1 aromatic carbocycles. The number of rotatable bonds is 7. The van der Waals surface area contributed by atoms with Crippen molar-refractivity contribution in [3.63, 3.8) is 0 Å². The Bertz CT molecular complexity index is 798. The molecule has 0 aliphatic carbocycles. The summed E-state index contributed by atoms with van der Waals surface area (Å²) < 4.78 is 5.29. The second-order valence-electron chi connectivity index (χ2n) is 7.50. The molecule has 0 aliphatic rings. The summed E-state index contributed by atoms with van der Waals surface area (Å²) in [5, 5.41) is 5.65. The minimum Gasteiger partial charge on any atom is -0.459 e. The highest BCUT2D eigenvalue weighted by atomic mass is 16.3. The maximum absolute atomic E-state index is 12.9. The Labute approximate surface area is 166 Å².